The van der Waals surface area contributed by atoms with E-state index < -0.39 is 11.2 Å². The number of halogens is 2. The quantitative estimate of drug-likeness (QED) is 0.530. The minimum absolute atomic E-state index is 0.225. The van der Waals surface area contributed by atoms with Gasteiger partial charge < -0.3 is 4.57 Å². The van der Waals surface area contributed by atoms with E-state index in [2.05, 4.69) is 4.98 Å². The number of hydrogen-bond acceptors (Lipinski definition) is 3. The highest BCUT2D eigenvalue weighted by Crippen LogP contribution is 2.17. The Morgan fingerprint density at radius 3 is 2.36 bits per heavy atom. The van der Waals surface area contributed by atoms with Crippen LogP contribution in [0.2, 0.25) is 5.02 Å². The molecule has 2 aromatic heterocycles. The molecule has 0 bridgehead atoms. The molecule has 0 fully saturated rings. The normalized spacial score (nSPS) is 11.2. The van der Waals surface area contributed by atoms with Gasteiger partial charge in [0.15, 0.2) is 11.2 Å². The lowest BCUT2D eigenvalue weighted by Crippen LogP contribution is -2.39. The van der Waals surface area contributed by atoms with E-state index in [1.54, 1.807) is 47.9 Å². The van der Waals surface area contributed by atoms with E-state index in [0.29, 0.717) is 22.8 Å². The van der Waals surface area contributed by atoms with Crippen LogP contribution < -0.4 is 11.2 Å². The highest BCUT2D eigenvalue weighted by atomic mass is 35.5. The Balaban J connectivity index is 1.97. The number of imidazole rings is 1. The van der Waals surface area contributed by atoms with Crippen LogP contribution in [0.5, 0.6) is 0 Å². The number of fused-ring (bicyclic) bond motifs is 1. The molecule has 0 N–H and O–H groups in total. The van der Waals surface area contributed by atoms with Crippen LogP contribution in [0.1, 0.15) is 12.5 Å². The SMILES string of the molecule is CCn1c(=O)c2c(ncn2Cc2ccc(F)cc2)n(-c2ccc(Cl)cc2)c1=O. The molecule has 0 aliphatic carbocycles. The van der Waals surface area contributed by atoms with Crippen molar-refractivity contribution in [2.45, 2.75) is 20.0 Å². The second-order valence-electron chi connectivity index (χ2n) is 6.31. The first-order valence-electron chi connectivity index (χ1n) is 8.70. The molecular formula is C20H16ClFN4O2. The molecule has 0 amide bonds. The Bertz CT molecular complexity index is 1270. The molecule has 6 nitrogen and oxygen atoms in total. The number of nitrogens with zero attached hydrogens (tertiary/aromatic N) is 4. The smallest absolute Gasteiger partial charge is 0.320 e. The van der Waals surface area contributed by atoms with Crippen LogP contribution in [-0.4, -0.2) is 18.7 Å². The van der Waals surface area contributed by atoms with Gasteiger partial charge in [-0.15, -0.1) is 0 Å². The highest BCUT2D eigenvalue weighted by molar-refractivity contribution is 6.30. The van der Waals surface area contributed by atoms with Gasteiger partial charge in [-0.3, -0.25) is 9.36 Å². The van der Waals surface area contributed by atoms with Gasteiger partial charge in [0, 0.05) is 18.1 Å². The van der Waals surface area contributed by atoms with Gasteiger partial charge in [0.1, 0.15) is 5.82 Å². The highest BCUT2D eigenvalue weighted by Gasteiger charge is 2.18. The zero-order valence-corrected chi connectivity index (χ0v) is 15.7. The molecule has 28 heavy (non-hydrogen) atoms. The van der Waals surface area contributed by atoms with Gasteiger partial charge in [0.25, 0.3) is 5.56 Å². The summed E-state index contributed by atoms with van der Waals surface area (Å²) in [6, 6.07) is 12.8. The van der Waals surface area contributed by atoms with Crippen molar-refractivity contribution in [1.82, 2.24) is 18.7 Å². The first-order chi connectivity index (χ1) is 13.5. The summed E-state index contributed by atoms with van der Waals surface area (Å²) < 4.78 is 17.4. The maximum atomic E-state index is 13.2. The molecule has 142 valence electrons. The lowest BCUT2D eigenvalue weighted by Gasteiger charge is -2.12. The van der Waals surface area contributed by atoms with Crippen LogP contribution in [-0.2, 0) is 13.1 Å². The lowest BCUT2D eigenvalue weighted by atomic mass is 10.2. The maximum absolute atomic E-state index is 13.2. The summed E-state index contributed by atoms with van der Waals surface area (Å²) in [7, 11) is 0. The predicted octanol–water partition coefficient (Wildman–Crippen LogP) is 3.21. The molecule has 0 saturated heterocycles. The van der Waals surface area contributed by atoms with E-state index in [1.807, 2.05) is 0 Å². The molecular weight excluding hydrogens is 383 g/mol. The Kier molecular flexibility index (Phi) is 4.60. The Labute approximate surface area is 164 Å². The van der Waals surface area contributed by atoms with Gasteiger partial charge in [0.05, 0.1) is 12.0 Å². The lowest BCUT2D eigenvalue weighted by molar-refractivity contribution is 0.626. The molecule has 8 heteroatoms. The molecule has 0 aliphatic heterocycles. The first-order valence-corrected chi connectivity index (χ1v) is 9.08. The predicted molar refractivity (Wildman–Crippen MR) is 106 cm³/mol. The van der Waals surface area contributed by atoms with Crippen molar-refractivity contribution in [3.05, 3.63) is 92.1 Å². The summed E-state index contributed by atoms with van der Waals surface area (Å²) in [5, 5.41) is 0.540. The zero-order chi connectivity index (χ0) is 19.8. The van der Waals surface area contributed by atoms with Crippen LogP contribution in [0, 0.1) is 5.82 Å². The Hall–Kier alpha value is -3.19. The Morgan fingerprint density at radius 2 is 1.71 bits per heavy atom. The largest absolute Gasteiger partial charge is 0.337 e. The van der Waals surface area contributed by atoms with Crippen molar-refractivity contribution in [3.8, 4) is 5.69 Å². The average Bonchev–Trinajstić information content (AvgIpc) is 3.09. The molecule has 0 saturated carbocycles. The first kappa shape index (κ1) is 18.2. The summed E-state index contributed by atoms with van der Waals surface area (Å²) in [4.78, 5) is 30.2. The van der Waals surface area contributed by atoms with Crippen LogP contribution >= 0.6 is 11.6 Å². The van der Waals surface area contributed by atoms with Crippen molar-refractivity contribution < 1.29 is 4.39 Å². The van der Waals surface area contributed by atoms with Crippen LogP contribution in [0.15, 0.2) is 64.4 Å². The minimum Gasteiger partial charge on any atom is -0.320 e. The van der Waals surface area contributed by atoms with Crippen LogP contribution in [0.3, 0.4) is 0 Å². The van der Waals surface area contributed by atoms with E-state index in [0.717, 1.165) is 5.56 Å². The molecule has 0 unspecified atom stereocenters. The molecule has 0 radical (unpaired) electrons. The molecule has 0 aliphatic rings. The van der Waals surface area contributed by atoms with E-state index in [-0.39, 0.29) is 18.0 Å². The summed E-state index contributed by atoms with van der Waals surface area (Å²) in [6.45, 7) is 2.29. The van der Waals surface area contributed by atoms with Crippen LogP contribution in [0.4, 0.5) is 4.39 Å². The minimum atomic E-state index is -0.464. The van der Waals surface area contributed by atoms with Gasteiger partial charge >= 0.3 is 5.69 Å². The summed E-state index contributed by atoms with van der Waals surface area (Å²) in [5.41, 5.74) is 1.08. The third kappa shape index (κ3) is 3.03. The monoisotopic (exact) mass is 398 g/mol. The second-order valence-corrected chi connectivity index (χ2v) is 6.75. The van der Waals surface area contributed by atoms with E-state index in [9.17, 15) is 14.0 Å². The summed E-state index contributed by atoms with van der Waals surface area (Å²) >= 11 is 5.96. The summed E-state index contributed by atoms with van der Waals surface area (Å²) in [6.07, 6.45) is 1.52. The standard InChI is InChI=1S/C20H16ClFN4O2/c1-2-25-19(27)17-18(26(20(25)28)16-9-5-14(21)6-10-16)23-12-24(17)11-13-3-7-15(22)8-4-13/h3-10,12H,2,11H2,1H3. The van der Waals surface area contributed by atoms with Gasteiger partial charge in [-0.2, -0.15) is 0 Å². The fourth-order valence-electron chi connectivity index (χ4n) is 3.19. The van der Waals surface area contributed by atoms with Gasteiger partial charge in [-0.05, 0) is 48.9 Å². The fraction of sp³-hybridized carbons (Fsp3) is 0.150. The Morgan fingerprint density at radius 1 is 1.04 bits per heavy atom. The number of rotatable bonds is 4. The van der Waals surface area contributed by atoms with Crippen LogP contribution in [0.25, 0.3) is 16.9 Å². The number of hydrogen-bond donors (Lipinski definition) is 0. The molecule has 0 spiro atoms. The zero-order valence-electron chi connectivity index (χ0n) is 15.0. The topological polar surface area (TPSA) is 61.8 Å². The number of benzene rings is 2. The van der Waals surface area contributed by atoms with E-state index in [1.165, 1.54) is 27.6 Å². The molecule has 0 atom stereocenters. The van der Waals surface area contributed by atoms with E-state index >= 15 is 0 Å². The van der Waals surface area contributed by atoms with Crippen molar-refractivity contribution in [1.29, 1.82) is 0 Å². The molecule has 4 rings (SSSR count). The van der Waals surface area contributed by atoms with Crippen molar-refractivity contribution >= 4 is 22.8 Å². The van der Waals surface area contributed by atoms with Crippen molar-refractivity contribution in [3.63, 3.8) is 0 Å². The van der Waals surface area contributed by atoms with E-state index in [4.69, 9.17) is 11.6 Å². The summed E-state index contributed by atoms with van der Waals surface area (Å²) in [5.74, 6) is -0.329. The van der Waals surface area contributed by atoms with Gasteiger partial charge in [-0.25, -0.2) is 18.7 Å². The third-order valence-corrected chi connectivity index (χ3v) is 4.82. The van der Waals surface area contributed by atoms with Crippen molar-refractivity contribution in [2.24, 2.45) is 0 Å². The molecule has 4 aromatic rings. The molecule has 2 aromatic carbocycles. The third-order valence-electron chi connectivity index (χ3n) is 4.57. The number of aromatic nitrogens is 4. The van der Waals surface area contributed by atoms with Crippen molar-refractivity contribution in [2.75, 3.05) is 0 Å². The van der Waals surface area contributed by atoms with Gasteiger partial charge in [-0.1, -0.05) is 23.7 Å². The maximum Gasteiger partial charge on any atom is 0.337 e. The second kappa shape index (κ2) is 7.09. The molecule has 2 heterocycles. The fourth-order valence-corrected chi connectivity index (χ4v) is 3.31. The van der Waals surface area contributed by atoms with Gasteiger partial charge in [0.2, 0.25) is 0 Å². The average molecular weight is 399 g/mol.